The predicted molar refractivity (Wildman–Crippen MR) is 80.0 cm³/mol. The Kier molecular flexibility index (Phi) is 5.51. The van der Waals surface area contributed by atoms with Crippen LogP contribution in [-0.4, -0.2) is 29.8 Å². The van der Waals surface area contributed by atoms with Gasteiger partial charge >= 0.3 is 12.2 Å². The van der Waals surface area contributed by atoms with Gasteiger partial charge in [0.05, 0.1) is 11.2 Å². The van der Waals surface area contributed by atoms with E-state index in [9.17, 15) is 23.1 Å². The molecule has 1 aliphatic carbocycles. The van der Waals surface area contributed by atoms with Gasteiger partial charge in [-0.1, -0.05) is 25.0 Å². The van der Waals surface area contributed by atoms with Crippen LogP contribution >= 0.6 is 0 Å². The highest BCUT2D eigenvalue weighted by atomic mass is 19.4. The first-order chi connectivity index (χ1) is 10.8. The van der Waals surface area contributed by atoms with E-state index in [1.165, 1.54) is 12.1 Å². The highest BCUT2D eigenvalue weighted by molar-refractivity contribution is 5.73. The van der Waals surface area contributed by atoms with E-state index < -0.39 is 17.3 Å². The smallest absolute Gasteiger partial charge is 0.388 e. The highest BCUT2D eigenvalue weighted by Crippen LogP contribution is 2.29. The van der Waals surface area contributed by atoms with E-state index in [1.54, 1.807) is 0 Å². The number of halogens is 3. The molecule has 1 saturated carbocycles. The van der Waals surface area contributed by atoms with E-state index in [0.29, 0.717) is 31.4 Å². The fourth-order valence-electron chi connectivity index (χ4n) is 2.70. The molecular formula is C16H21F3N2O2. The Morgan fingerprint density at radius 1 is 1.13 bits per heavy atom. The Morgan fingerprint density at radius 3 is 2.30 bits per heavy atom. The normalized spacial score (nSPS) is 17.0. The molecule has 4 nitrogen and oxygen atoms in total. The summed E-state index contributed by atoms with van der Waals surface area (Å²) < 4.78 is 37.3. The molecular weight excluding hydrogens is 309 g/mol. The number of alkyl halides is 3. The number of hydrogen-bond acceptors (Lipinski definition) is 2. The lowest BCUT2D eigenvalue weighted by Crippen LogP contribution is -2.45. The summed E-state index contributed by atoms with van der Waals surface area (Å²) in [5, 5.41) is 15.4. The number of nitrogens with one attached hydrogen (secondary N) is 2. The molecule has 0 heterocycles. The Bertz CT molecular complexity index is 523. The van der Waals surface area contributed by atoms with Crippen LogP contribution in [0.15, 0.2) is 24.3 Å². The number of hydrogen-bond donors (Lipinski definition) is 3. The van der Waals surface area contributed by atoms with Gasteiger partial charge in [0.25, 0.3) is 0 Å². The van der Waals surface area contributed by atoms with Crippen LogP contribution in [0.25, 0.3) is 0 Å². The second-order valence-corrected chi connectivity index (χ2v) is 5.99. The first kappa shape index (κ1) is 17.6. The molecule has 2 rings (SSSR count). The maximum Gasteiger partial charge on any atom is 0.416 e. The average Bonchev–Trinajstić information content (AvgIpc) is 2.92. The third-order valence-corrected chi connectivity index (χ3v) is 4.09. The molecule has 1 aliphatic rings. The molecule has 23 heavy (non-hydrogen) atoms. The SMILES string of the molecule is O=C(NCCc1ccc(C(F)(F)F)cc1)NCC1(O)CCCC1. The van der Waals surface area contributed by atoms with Crippen LogP contribution in [0.2, 0.25) is 0 Å². The van der Waals surface area contributed by atoms with Crippen molar-refractivity contribution in [1.29, 1.82) is 0 Å². The molecule has 0 spiro atoms. The van der Waals surface area contributed by atoms with Gasteiger partial charge in [-0.15, -0.1) is 0 Å². The summed E-state index contributed by atoms with van der Waals surface area (Å²) in [6.45, 7) is 0.536. The van der Waals surface area contributed by atoms with Crippen molar-refractivity contribution < 1.29 is 23.1 Å². The number of aliphatic hydroxyl groups is 1. The lowest BCUT2D eigenvalue weighted by Gasteiger charge is -2.22. The lowest BCUT2D eigenvalue weighted by molar-refractivity contribution is -0.137. The van der Waals surface area contributed by atoms with Crippen molar-refractivity contribution in [3.63, 3.8) is 0 Å². The van der Waals surface area contributed by atoms with Crippen LogP contribution in [-0.2, 0) is 12.6 Å². The summed E-state index contributed by atoms with van der Waals surface area (Å²) in [5.74, 6) is 0. The van der Waals surface area contributed by atoms with Crippen molar-refractivity contribution in [3.05, 3.63) is 35.4 Å². The van der Waals surface area contributed by atoms with Crippen molar-refractivity contribution in [2.45, 2.75) is 43.9 Å². The van der Waals surface area contributed by atoms with Crippen LogP contribution in [0.4, 0.5) is 18.0 Å². The molecule has 1 aromatic rings. The van der Waals surface area contributed by atoms with Gasteiger partial charge in [0, 0.05) is 13.1 Å². The summed E-state index contributed by atoms with van der Waals surface area (Å²) in [4.78, 5) is 11.6. The monoisotopic (exact) mass is 330 g/mol. The Hall–Kier alpha value is -1.76. The largest absolute Gasteiger partial charge is 0.416 e. The van der Waals surface area contributed by atoms with Gasteiger partial charge < -0.3 is 15.7 Å². The maximum absolute atomic E-state index is 12.4. The number of carbonyl (C=O) groups is 1. The van der Waals surface area contributed by atoms with E-state index in [0.717, 1.165) is 25.0 Å². The van der Waals surface area contributed by atoms with E-state index in [2.05, 4.69) is 10.6 Å². The standard InChI is InChI=1S/C16H21F3N2O2/c17-16(18,19)13-5-3-12(4-6-13)7-10-20-14(22)21-11-15(23)8-1-2-9-15/h3-6,23H,1-2,7-11H2,(H2,20,21,22). The Morgan fingerprint density at radius 2 is 1.74 bits per heavy atom. The van der Waals surface area contributed by atoms with Crippen molar-refractivity contribution in [3.8, 4) is 0 Å². The quantitative estimate of drug-likeness (QED) is 0.777. The maximum atomic E-state index is 12.4. The van der Waals surface area contributed by atoms with E-state index in [1.807, 2.05) is 0 Å². The van der Waals surface area contributed by atoms with Gasteiger partial charge in [-0.05, 0) is 37.0 Å². The van der Waals surface area contributed by atoms with Crippen LogP contribution in [0.3, 0.4) is 0 Å². The minimum Gasteiger partial charge on any atom is -0.388 e. The fraction of sp³-hybridized carbons (Fsp3) is 0.562. The third-order valence-electron chi connectivity index (χ3n) is 4.09. The van der Waals surface area contributed by atoms with Crippen LogP contribution in [0.1, 0.15) is 36.8 Å². The molecule has 0 radical (unpaired) electrons. The van der Waals surface area contributed by atoms with E-state index >= 15 is 0 Å². The molecule has 0 bridgehead atoms. The minimum absolute atomic E-state index is 0.221. The molecule has 0 aliphatic heterocycles. The zero-order valence-corrected chi connectivity index (χ0v) is 12.7. The average molecular weight is 330 g/mol. The van der Waals surface area contributed by atoms with Crippen LogP contribution in [0.5, 0.6) is 0 Å². The molecule has 3 N–H and O–H groups in total. The Labute approximate surface area is 133 Å². The van der Waals surface area contributed by atoms with Crippen LogP contribution < -0.4 is 10.6 Å². The first-order valence-corrected chi connectivity index (χ1v) is 7.69. The molecule has 2 amide bonds. The third kappa shape index (κ3) is 5.42. The molecule has 128 valence electrons. The van der Waals surface area contributed by atoms with E-state index in [-0.39, 0.29) is 12.6 Å². The van der Waals surface area contributed by atoms with Gasteiger partial charge in [-0.3, -0.25) is 0 Å². The number of rotatable bonds is 5. The molecule has 0 atom stereocenters. The Balaban J connectivity index is 1.69. The van der Waals surface area contributed by atoms with Crippen molar-refractivity contribution in [2.24, 2.45) is 0 Å². The van der Waals surface area contributed by atoms with Gasteiger partial charge in [0.1, 0.15) is 0 Å². The van der Waals surface area contributed by atoms with Crippen LogP contribution in [0, 0.1) is 0 Å². The predicted octanol–water partition coefficient (Wildman–Crippen LogP) is 2.85. The van der Waals surface area contributed by atoms with Gasteiger partial charge in [-0.25, -0.2) is 4.79 Å². The minimum atomic E-state index is -4.34. The number of benzene rings is 1. The summed E-state index contributed by atoms with van der Waals surface area (Å²) >= 11 is 0. The van der Waals surface area contributed by atoms with Gasteiger partial charge in [0.2, 0.25) is 0 Å². The van der Waals surface area contributed by atoms with Crippen molar-refractivity contribution in [2.75, 3.05) is 13.1 Å². The summed E-state index contributed by atoms with van der Waals surface area (Å²) in [5.41, 5.74) is -0.769. The lowest BCUT2D eigenvalue weighted by atomic mass is 10.0. The fourth-order valence-corrected chi connectivity index (χ4v) is 2.70. The summed E-state index contributed by atoms with van der Waals surface area (Å²) in [6, 6.07) is 4.50. The second-order valence-electron chi connectivity index (χ2n) is 5.99. The molecule has 0 unspecified atom stereocenters. The van der Waals surface area contributed by atoms with Crippen molar-refractivity contribution in [1.82, 2.24) is 10.6 Å². The molecule has 1 aromatic carbocycles. The summed E-state index contributed by atoms with van der Waals surface area (Å²) in [6.07, 6.45) is -0.577. The van der Waals surface area contributed by atoms with Crippen molar-refractivity contribution >= 4 is 6.03 Å². The van der Waals surface area contributed by atoms with E-state index in [4.69, 9.17) is 0 Å². The topological polar surface area (TPSA) is 61.4 Å². The molecule has 7 heteroatoms. The molecule has 0 aromatic heterocycles. The summed E-state index contributed by atoms with van der Waals surface area (Å²) in [7, 11) is 0. The second kappa shape index (κ2) is 7.21. The number of amides is 2. The first-order valence-electron chi connectivity index (χ1n) is 7.69. The zero-order chi connectivity index (χ0) is 16.9. The van der Waals surface area contributed by atoms with Gasteiger partial charge in [0.15, 0.2) is 0 Å². The zero-order valence-electron chi connectivity index (χ0n) is 12.7. The number of carbonyl (C=O) groups excluding carboxylic acids is 1. The van der Waals surface area contributed by atoms with Gasteiger partial charge in [-0.2, -0.15) is 13.2 Å². The molecule has 1 fully saturated rings. The highest BCUT2D eigenvalue weighted by Gasteiger charge is 2.31. The number of urea groups is 1. The molecule has 0 saturated heterocycles.